The van der Waals surface area contributed by atoms with Crippen molar-refractivity contribution in [2.24, 2.45) is 4.99 Å². The monoisotopic (exact) mass is 391 g/mol. The number of alkyl halides is 2. The van der Waals surface area contributed by atoms with Gasteiger partial charge in [-0.1, -0.05) is 54.2 Å². The molecule has 1 fully saturated rings. The lowest BCUT2D eigenvalue weighted by molar-refractivity contribution is -0.0382. The van der Waals surface area contributed by atoms with E-state index in [0.29, 0.717) is 12.8 Å². The lowest BCUT2D eigenvalue weighted by Crippen LogP contribution is -2.23. The molecule has 2 aromatic rings. The van der Waals surface area contributed by atoms with Crippen LogP contribution in [0.15, 0.2) is 71.3 Å². The number of hydrogen-bond donors (Lipinski definition) is 0. The molecule has 0 N–H and O–H groups in total. The fraction of sp³-hybridized carbons (Fsp3) is 0.346. The molecule has 0 spiro atoms. The van der Waals surface area contributed by atoms with Crippen molar-refractivity contribution in [1.82, 2.24) is 0 Å². The van der Waals surface area contributed by atoms with Gasteiger partial charge in [-0.15, -0.1) is 0 Å². The molecule has 1 aliphatic carbocycles. The van der Waals surface area contributed by atoms with Crippen molar-refractivity contribution in [2.75, 3.05) is 0 Å². The van der Waals surface area contributed by atoms with E-state index >= 15 is 0 Å². The number of nitrogens with zero attached hydrogens (tertiary/aromatic N) is 1. The van der Waals surface area contributed by atoms with Crippen LogP contribution in [-0.4, -0.2) is 11.6 Å². The molecule has 0 amide bonds. The highest BCUT2D eigenvalue weighted by molar-refractivity contribution is 6.20. The van der Waals surface area contributed by atoms with E-state index in [1.807, 2.05) is 19.1 Å². The van der Waals surface area contributed by atoms with E-state index in [2.05, 4.69) is 49.9 Å². The fourth-order valence-electron chi connectivity index (χ4n) is 4.46. The lowest BCUT2D eigenvalue weighted by atomic mass is 9.80. The molecule has 0 atom stereocenters. The number of benzene rings is 2. The maximum absolute atomic E-state index is 13.6. The Morgan fingerprint density at radius 1 is 1.17 bits per heavy atom. The maximum atomic E-state index is 13.6. The van der Waals surface area contributed by atoms with E-state index in [4.69, 9.17) is 4.99 Å². The van der Waals surface area contributed by atoms with Crippen molar-refractivity contribution in [3.63, 3.8) is 0 Å². The number of rotatable bonds is 5. The minimum Gasteiger partial charge on any atom is -0.252 e. The molecule has 2 aromatic carbocycles. The second-order valence-electron chi connectivity index (χ2n) is 8.38. The number of hydrogen-bond acceptors (Lipinski definition) is 1. The Morgan fingerprint density at radius 2 is 1.93 bits per heavy atom. The van der Waals surface area contributed by atoms with Gasteiger partial charge in [0.25, 0.3) is 0 Å². The van der Waals surface area contributed by atoms with Crippen LogP contribution in [0.2, 0.25) is 0 Å². The molecule has 4 rings (SSSR count). The van der Waals surface area contributed by atoms with Gasteiger partial charge in [-0.2, -0.15) is 0 Å². The van der Waals surface area contributed by atoms with Crippen molar-refractivity contribution in [1.29, 1.82) is 0 Å². The molecular formula is C26H27F2N. The first-order valence-electron chi connectivity index (χ1n) is 10.4. The van der Waals surface area contributed by atoms with E-state index in [-0.39, 0.29) is 18.8 Å². The molecule has 0 radical (unpaired) electrons. The van der Waals surface area contributed by atoms with Crippen LogP contribution in [0.25, 0.3) is 10.8 Å². The zero-order chi connectivity index (χ0) is 20.6. The smallest absolute Gasteiger partial charge is 0.248 e. The van der Waals surface area contributed by atoms with Crippen molar-refractivity contribution in [3.05, 3.63) is 77.4 Å². The highest BCUT2D eigenvalue weighted by Crippen LogP contribution is 2.44. The summed E-state index contributed by atoms with van der Waals surface area (Å²) in [5.74, 6) is -2.29. The number of allylic oxidation sites excluding steroid dienone is 5. The quantitative estimate of drug-likeness (QED) is 0.457. The largest absolute Gasteiger partial charge is 0.252 e. The van der Waals surface area contributed by atoms with Gasteiger partial charge in [-0.3, -0.25) is 4.99 Å². The molecule has 0 saturated heterocycles. The topological polar surface area (TPSA) is 12.4 Å². The second kappa shape index (κ2) is 7.70. The zero-order valence-electron chi connectivity index (χ0n) is 17.1. The molecule has 1 heterocycles. The highest BCUT2D eigenvalue weighted by atomic mass is 19.3. The minimum absolute atomic E-state index is 0.0110. The summed E-state index contributed by atoms with van der Waals surface area (Å²) in [5, 5.41) is 2.35. The van der Waals surface area contributed by atoms with Crippen molar-refractivity contribution < 1.29 is 8.78 Å². The normalized spacial score (nSPS) is 19.5. The van der Waals surface area contributed by atoms with Crippen LogP contribution in [-0.2, 0) is 0 Å². The molecule has 0 aromatic heterocycles. The Labute approximate surface area is 171 Å². The van der Waals surface area contributed by atoms with E-state index in [1.165, 1.54) is 22.1 Å². The number of aliphatic imine (C=N–C) groups is 1. The van der Waals surface area contributed by atoms with Crippen molar-refractivity contribution in [2.45, 2.75) is 57.8 Å². The van der Waals surface area contributed by atoms with Crippen molar-refractivity contribution in [3.8, 4) is 0 Å². The molecule has 1 saturated carbocycles. The van der Waals surface area contributed by atoms with Crippen LogP contribution in [0.3, 0.4) is 0 Å². The summed E-state index contributed by atoms with van der Waals surface area (Å²) in [6.45, 7) is 7.92. The minimum atomic E-state index is -2.50. The summed E-state index contributed by atoms with van der Waals surface area (Å²) in [7, 11) is 0. The Balaban J connectivity index is 1.66. The first kappa shape index (κ1) is 19.8. The average molecular weight is 392 g/mol. The first-order chi connectivity index (χ1) is 13.9. The molecule has 2 aliphatic rings. The standard InChI is InChI=1S/C26H27F2N/c1-4-17(2)14-18(3)8-9-23-22-16-21(19-10-12-26(27,28)13-11-19)15-20-6-5-7-24(29-23)25(20)22/h4-8,14-16,19H,1,9-13H2,2-3H3/b17-14-,18-8-. The average Bonchev–Trinajstić information content (AvgIpc) is 3.05. The molecule has 0 bridgehead atoms. The van der Waals surface area contributed by atoms with Crippen LogP contribution < -0.4 is 0 Å². The third-order valence-corrected chi connectivity index (χ3v) is 6.13. The van der Waals surface area contributed by atoms with Gasteiger partial charge >= 0.3 is 0 Å². The summed E-state index contributed by atoms with van der Waals surface area (Å²) in [6.07, 6.45) is 7.99. The third-order valence-electron chi connectivity index (χ3n) is 6.13. The summed E-state index contributed by atoms with van der Waals surface area (Å²) in [4.78, 5) is 4.89. The second-order valence-corrected chi connectivity index (χ2v) is 8.38. The molecule has 1 aliphatic heterocycles. The van der Waals surface area contributed by atoms with Crippen LogP contribution in [0.4, 0.5) is 14.5 Å². The van der Waals surface area contributed by atoms with Gasteiger partial charge in [0, 0.05) is 30.2 Å². The summed E-state index contributed by atoms with van der Waals surface area (Å²) in [5.41, 5.74) is 6.73. The zero-order valence-corrected chi connectivity index (χ0v) is 17.1. The molecule has 150 valence electrons. The first-order valence-corrected chi connectivity index (χ1v) is 10.4. The van der Waals surface area contributed by atoms with E-state index < -0.39 is 5.92 Å². The van der Waals surface area contributed by atoms with Crippen molar-refractivity contribution >= 4 is 22.2 Å². The predicted octanol–water partition coefficient (Wildman–Crippen LogP) is 8.04. The Hall–Kier alpha value is -2.55. The van der Waals surface area contributed by atoms with Gasteiger partial charge in [-0.25, -0.2) is 8.78 Å². The lowest BCUT2D eigenvalue weighted by Gasteiger charge is -2.29. The summed E-state index contributed by atoms with van der Waals surface area (Å²) in [6, 6.07) is 10.6. The van der Waals surface area contributed by atoms with E-state index in [9.17, 15) is 8.78 Å². The summed E-state index contributed by atoms with van der Waals surface area (Å²) >= 11 is 0. The Morgan fingerprint density at radius 3 is 2.66 bits per heavy atom. The van der Waals surface area contributed by atoms with Gasteiger partial charge in [0.15, 0.2) is 0 Å². The molecule has 3 heteroatoms. The summed E-state index contributed by atoms with van der Waals surface area (Å²) < 4.78 is 27.2. The SMILES string of the molecule is C=C/C(C)=C\C(C)=C/CC1=Nc2cccc3cc(C4CCC(F)(F)CC4)cc1c23. The van der Waals surface area contributed by atoms with Gasteiger partial charge in [0.05, 0.1) is 11.4 Å². The number of halogens is 2. The predicted molar refractivity (Wildman–Crippen MR) is 119 cm³/mol. The van der Waals surface area contributed by atoms with Crippen LogP contribution in [0.5, 0.6) is 0 Å². The van der Waals surface area contributed by atoms with Gasteiger partial charge in [0.1, 0.15) is 0 Å². The molecular weight excluding hydrogens is 364 g/mol. The Bertz CT molecular complexity index is 1050. The third kappa shape index (κ3) is 4.10. The van der Waals surface area contributed by atoms with Gasteiger partial charge in [0.2, 0.25) is 5.92 Å². The van der Waals surface area contributed by atoms with Gasteiger partial charge < -0.3 is 0 Å². The molecule has 29 heavy (non-hydrogen) atoms. The van der Waals surface area contributed by atoms with E-state index in [1.54, 1.807) is 0 Å². The highest BCUT2D eigenvalue weighted by Gasteiger charge is 2.35. The molecule has 1 nitrogen and oxygen atoms in total. The van der Waals surface area contributed by atoms with E-state index in [0.717, 1.165) is 28.8 Å². The Kier molecular flexibility index (Phi) is 5.24. The maximum Gasteiger partial charge on any atom is 0.248 e. The molecule has 0 unspecified atom stereocenters. The van der Waals surface area contributed by atoms with Gasteiger partial charge in [-0.05, 0) is 55.7 Å². The van der Waals surface area contributed by atoms with Crippen LogP contribution >= 0.6 is 0 Å². The van der Waals surface area contributed by atoms with Crippen LogP contribution in [0, 0.1) is 0 Å². The fourth-order valence-corrected chi connectivity index (χ4v) is 4.46. The van der Waals surface area contributed by atoms with Crippen LogP contribution in [0.1, 0.15) is 63.0 Å².